The van der Waals surface area contributed by atoms with Crippen molar-refractivity contribution in [2.45, 2.75) is 38.3 Å². The van der Waals surface area contributed by atoms with Crippen LogP contribution in [0.3, 0.4) is 0 Å². The van der Waals surface area contributed by atoms with Crippen molar-refractivity contribution in [3.63, 3.8) is 0 Å². The second-order valence-electron chi connectivity index (χ2n) is 6.59. The van der Waals surface area contributed by atoms with E-state index in [0.717, 1.165) is 31.7 Å². The zero-order valence-electron chi connectivity index (χ0n) is 13.8. The highest BCUT2D eigenvalue weighted by Gasteiger charge is 2.37. The van der Waals surface area contributed by atoms with E-state index in [1.54, 1.807) is 4.90 Å². The van der Waals surface area contributed by atoms with Crippen LogP contribution in [0.5, 0.6) is 5.75 Å². The number of aliphatic hydroxyl groups is 1. The zero-order valence-corrected chi connectivity index (χ0v) is 13.8. The van der Waals surface area contributed by atoms with E-state index in [4.69, 9.17) is 4.74 Å². The standard InChI is InChI=1S/C18H26N2O3/c1-14-7-3-4-8-17(14)23-13-16(21)18(22)20-11-15(12-20)19-9-5-2-6-10-19/h3-4,7-8,15-16,21H,2,5-6,9-13H2,1H3/t16-/m1/s1. The lowest BCUT2D eigenvalue weighted by Gasteiger charge is -2.47. The van der Waals surface area contributed by atoms with Gasteiger partial charge in [0.25, 0.3) is 5.91 Å². The molecule has 0 aliphatic carbocycles. The number of carbonyl (C=O) groups excluding carboxylic acids is 1. The van der Waals surface area contributed by atoms with E-state index >= 15 is 0 Å². The average Bonchev–Trinajstić information content (AvgIpc) is 2.53. The maximum atomic E-state index is 12.2. The lowest BCUT2D eigenvalue weighted by Crippen LogP contribution is -2.63. The third-order valence-electron chi connectivity index (χ3n) is 4.86. The van der Waals surface area contributed by atoms with Crippen LogP contribution in [0.2, 0.25) is 0 Å². The summed E-state index contributed by atoms with van der Waals surface area (Å²) in [5.74, 6) is 0.501. The van der Waals surface area contributed by atoms with Crippen molar-refractivity contribution >= 4 is 5.91 Å². The summed E-state index contributed by atoms with van der Waals surface area (Å²) < 4.78 is 5.57. The fraction of sp³-hybridized carbons (Fsp3) is 0.611. The first kappa shape index (κ1) is 16.3. The molecule has 1 aromatic rings. The summed E-state index contributed by atoms with van der Waals surface area (Å²) in [7, 11) is 0. The number of likely N-dealkylation sites (tertiary alicyclic amines) is 2. The normalized spacial score (nSPS) is 20.9. The predicted octanol–water partition coefficient (Wildman–Crippen LogP) is 1.43. The van der Waals surface area contributed by atoms with Crippen molar-refractivity contribution in [3.8, 4) is 5.75 Å². The number of ether oxygens (including phenoxy) is 1. The first-order valence-electron chi connectivity index (χ1n) is 8.54. The van der Waals surface area contributed by atoms with E-state index in [2.05, 4.69) is 4.90 Å². The summed E-state index contributed by atoms with van der Waals surface area (Å²) >= 11 is 0. The van der Waals surface area contributed by atoms with Crippen LogP contribution in [0.25, 0.3) is 0 Å². The molecule has 23 heavy (non-hydrogen) atoms. The fourth-order valence-electron chi connectivity index (χ4n) is 3.32. The van der Waals surface area contributed by atoms with Crippen LogP contribution in [0.15, 0.2) is 24.3 Å². The number of amides is 1. The minimum Gasteiger partial charge on any atom is -0.490 e. The van der Waals surface area contributed by atoms with Crippen molar-refractivity contribution in [2.24, 2.45) is 0 Å². The van der Waals surface area contributed by atoms with Crippen LogP contribution in [0, 0.1) is 6.92 Å². The number of nitrogens with zero attached hydrogens (tertiary/aromatic N) is 2. The average molecular weight is 318 g/mol. The van der Waals surface area contributed by atoms with Crippen LogP contribution in [0.4, 0.5) is 0 Å². The third kappa shape index (κ3) is 3.85. The highest BCUT2D eigenvalue weighted by atomic mass is 16.5. The van der Waals surface area contributed by atoms with Gasteiger partial charge in [0, 0.05) is 19.1 Å². The van der Waals surface area contributed by atoms with Gasteiger partial charge in [-0.2, -0.15) is 0 Å². The highest BCUT2D eigenvalue weighted by molar-refractivity contribution is 5.81. The van der Waals surface area contributed by atoms with E-state index < -0.39 is 6.10 Å². The molecule has 0 radical (unpaired) electrons. The highest BCUT2D eigenvalue weighted by Crippen LogP contribution is 2.21. The maximum Gasteiger partial charge on any atom is 0.255 e. The fourth-order valence-corrected chi connectivity index (χ4v) is 3.32. The largest absolute Gasteiger partial charge is 0.490 e. The van der Waals surface area contributed by atoms with Crippen molar-refractivity contribution in [3.05, 3.63) is 29.8 Å². The number of hydrogen-bond donors (Lipinski definition) is 1. The molecule has 0 bridgehead atoms. The van der Waals surface area contributed by atoms with Crippen LogP contribution < -0.4 is 4.74 Å². The molecular formula is C18H26N2O3. The smallest absolute Gasteiger partial charge is 0.255 e. The summed E-state index contributed by atoms with van der Waals surface area (Å²) in [5.41, 5.74) is 1.00. The Morgan fingerprint density at radius 1 is 1.26 bits per heavy atom. The van der Waals surface area contributed by atoms with E-state index in [-0.39, 0.29) is 12.5 Å². The molecule has 2 aliphatic rings. The van der Waals surface area contributed by atoms with Crippen molar-refractivity contribution < 1.29 is 14.6 Å². The maximum absolute atomic E-state index is 12.2. The Labute approximate surface area is 137 Å². The van der Waals surface area contributed by atoms with Crippen LogP contribution in [-0.4, -0.2) is 65.7 Å². The van der Waals surface area contributed by atoms with Crippen LogP contribution in [-0.2, 0) is 4.79 Å². The van der Waals surface area contributed by atoms with Gasteiger partial charge in [-0.3, -0.25) is 9.69 Å². The monoisotopic (exact) mass is 318 g/mol. The van der Waals surface area contributed by atoms with E-state index in [9.17, 15) is 9.90 Å². The molecule has 5 heteroatoms. The molecule has 126 valence electrons. The van der Waals surface area contributed by atoms with Gasteiger partial charge in [0.15, 0.2) is 6.10 Å². The number of aliphatic hydroxyl groups excluding tert-OH is 1. The molecule has 1 aromatic carbocycles. The van der Waals surface area contributed by atoms with Crippen LogP contribution >= 0.6 is 0 Å². The van der Waals surface area contributed by atoms with Crippen molar-refractivity contribution in [1.82, 2.24) is 9.80 Å². The molecule has 0 spiro atoms. The van der Waals surface area contributed by atoms with Crippen molar-refractivity contribution in [1.29, 1.82) is 0 Å². The molecule has 0 unspecified atom stereocenters. The number of hydrogen-bond acceptors (Lipinski definition) is 4. The molecule has 0 saturated carbocycles. The minimum atomic E-state index is -1.09. The molecule has 2 heterocycles. The Kier molecular flexibility index (Phi) is 5.18. The summed E-state index contributed by atoms with van der Waals surface area (Å²) in [6, 6.07) is 8.09. The molecule has 1 N–H and O–H groups in total. The summed E-state index contributed by atoms with van der Waals surface area (Å²) in [4.78, 5) is 16.5. The van der Waals surface area contributed by atoms with E-state index in [0.29, 0.717) is 11.8 Å². The first-order chi connectivity index (χ1) is 11.1. The summed E-state index contributed by atoms with van der Waals surface area (Å²) in [6.07, 6.45) is 2.76. The zero-order chi connectivity index (χ0) is 16.2. The Hall–Kier alpha value is -1.59. The van der Waals surface area contributed by atoms with Gasteiger partial charge < -0.3 is 14.7 Å². The lowest BCUT2D eigenvalue weighted by atomic mass is 10.0. The SMILES string of the molecule is Cc1ccccc1OC[C@@H](O)C(=O)N1CC(N2CCCCC2)C1. The number of benzene rings is 1. The summed E-state index contributed by atoms with van der Waals surface area (Å²) in [5, 5.41) is 10.1. The van der Waals surface area contributed by atoms with Gasteiger partial charge in [-0.05, 0) is 44.5 Å². The predicted molar refractivity (Wildman–Crippen MR) is 88.5 cm³/mol. The Morgan fingerprint density at radius 2 is 1.96 bits per heavy atom. The Bertz CT molecular complexity index is 537. The van der Waals surface area contributed by atoms with Gasteiger partial charge in [0.1, 0.15) is 12.4 Å². The van der Waals surface area contributed by atoms with Gasteiger partial charge in [-0.15, -0.1) is 0 Å². The molecule has 2 aliphatic heterocycles. The molecule has 0 aromatic heterocycles. The molecule has 3 rings (SSSR count). The van der Waals surface area contributed by atoms with Gasteiger partial charge in [-0.25, -0.2) is 0 Å². The summed E-state index contributed by atoms with van der Waals surface area (Å²) in [6.45, 7) is 5.72. The number of aryl methyl sites for hydroxylation is 1. The van der Waals surface area contributed by atoms with Crippen molar-refractivity contribution in [2.75, 3.05) is 32.8 Å². The second kappa shape index (κ2) is 7.32. The Morgan fingerprint density at radius 3 is 2.65 bits per heavy atom. The van der Waals surface area contributed by atoms with Gasteiger partial charge in [0.2, 0.25) is 0 Å². The lowest BCUT2D eigenvalue weighted by molar-refractivity contribution is -0.149. The van der Waals surface area contributed by atoms with Gasteiger partial charge in [-0.1, -0.05) is 24.6 Å². The quantitative estimate of drug-likeness (QED) is 0.892. The molecule has 2 saturated heterocycles. The molecular weight excluding hydrogens is 292 g/mol. The topological polar surface area (TPSA) is 53.0 Å². The molecule has 5 nitrogen and oxygen atoms in total. The van der Waals surface area contributed by atoms with Gasteiger partial charge in [0.05, 0.1) is 0 Å². The van der Waals surface area contributed by atoms with E-state index in [1.165, 1.54) is 19.3 Å². The second-order valence-corrected chi connectivity index (χ2v) is 6.59. The number of carbonyl (C=O) groups is 1. The molecule has 1 amide bonds. The number of para-hydroxylation sites is 1. The number of rotatable bonds is 5. The number of piperidine rings is 1. The minimum absolute atomic E-state index is 0.00850. The van der Waals surface area contributed by atoms with Gasteiger partial charge >= 0.3 is 0 Å². The van der Waals surface area contributed by atoms with E-state index in [1.807, 2.05) is 31.2 Å². The first-order valence-corrected chi connectivity index (χ1v) is 8.54. The molecule has 1 atom stereocenters. The van der Waals surface area contributed by atoms with Crippen LogP contribution in [0.1, 0.15) is 24.8 Å². The third-order valence-corrected chi connectivity index (χ3v) is 4.86. The molecule has 2 fully saturated rings. The Balaban J connectivity index is 1.43.